The second-order valence-electron chi connectivity index (χ2n) is 6.17. The van der Waals surface area contributed by atoms with Gasteiger partial charge in [-0.1, -0.05) is 24.3 Å². The number of amides is 3. The molecule has 1 saturated heterocycles. The minimum absolute atomic E-state index is 0.192. The number of carbonyl (C=O) groups excluding carboxylic acids is 2. The second-order valence-corrected chi connectivity index (χ2v) is 7.02. The van der Waals surface area contributed by atoms with Crippen LogP contribution in [0.2, 0.25) is 0 Å². The van der Waals surface area contributed by atoms with Crippen molar-refractivity contribution in [1.82, 2.24) is 10.2 Å². The summed E-state index contributed by atoms with van der Waals surface area (Å²) in [6.07, 6.45) is 1.54. The Labute approximate surface area is 159 Å². The van der Waals surface area contributed by atoms with E-state index in [1.807, 2.05) is 29.2 Å². The molecule has 5 nitrogen and oxygen atoms in total. The number of benzene rings is 2. The van der Waals surface area contributed by atoms with E-state index in [1.54, 1.807) is 0 Å². The molecule has 1 aliphatic rings. The maximum absolute atomic E-state index is 13.1. The van der Waals surface area contributed by atoms with E-state index in [9.17, 15) is 14.0 Å². The van der Waals surface area contributed by atoms with Crippen LogP contribution in [0, 0.1) is 5.82 Å². The fraction of sp³-hybridized carbons (Fsp3) is 0.263. The molecule has 2 aromatic carbocycles. The third kappa shape index (κ3) is 4.82. The first kappa shape index (κ1) is 18.4. The predicted molar refractivity (Wildman–Crippen MR) is 101 cm³/mol. The number of carbonyl (C=O) groups is 2. The first-order chi connectivity index (χ1) is 12.5. The lowest BCUT2D eigenvalue weighted by Gasteiger charge is -2.16. The van der Waals surface area contributed by atoms with Crippen molar-refractivity contribution in [2.75, 3.05) is 11.9 Å². The second kappa shape index (κ2) is 8.31. The summed E-state index contributed by atoms with van der Waals surface area (Å²) >= 11 is 3.21. The largest absolute Gasteiger partial charge is 0.338 e. The van der Waals surface area contributed by atoms with E-state index in [4.69, 9.17) is 0 Å². The molecule has 136 valence electrons. The third-order valence-corrected chi connectivity index (χ3v) is 4.82. The van der Waals surface area contributed by atoms with Gasteiger partial charge in [0.05, 0.1) is 5.69 Å². The summed E-state index contributed by atoms with van der Waals surface area (Å²) in [5.74, 6) is -0.186. The van der Waals surface area contributed by atoms with Gasteiger partial charge in [0, 0.05) is 30.5 Å². The number of nitrogens with zero attached hydrogens (tertiary/aromatic N) is 1. The van der Waals surface area contributed by atoms with Crippen molar-refractivity contribution in [2.24, 2.45) is 0 Å². The zero-order valence-corrected chi connectivity index (χ0v) is 15.7. The van der Waals surface area contributed by atoms with Gasteiger partial charge in [-0.25, -0.2) is 9.18 Å². The molecule has 0 spiro atoms. The number of hydrogen-bond donors (Lipinski definition) is 2. The van der Waals surface area contributed by atoms with Crippen molar-refractivity contribution in [2.45, 2.75) is 25.9 Å². The Bertz CT molecular complexity index is 828. The summed E-state index contributed by atoms with van der Waals surface area (Å²) in [7, 11) is 0. The Morgan fingerprint density at radius 1 is 1.19 bits per heavy atom. The van der Waals surface area contributed by atoms with Gasteiger partial charge in [0.1, 0.15) is 5.82 Å². The van der Waals surface area contributed by atoms with Crippen LogP contribution in [0.3, 0.4) is 0 Å². The van der Waals surface area contributed by atoms with Gasteiger partial charge in [-0.15, -0.1) is 0 Å². The zero-order valence-electron chi connectivity index (χ0n) is 14.1. The molecule has 1 aliphatic heterocycles. The number of hydrogen-bond acceptors (Lipinski definition) is 2. The van der Waals surface area contributed by atoms with Crippen molar-refractivity contribution in [3.63, 3.8) is 0 Å². The molecule has 0 aliphatic carbocycles. The highest BCUT2D eigenvalue weighted by Crippen LogP contribution is 2.23. The van der Waals surface area contributed by atoms with E-state index in [2.05, 4.69) is 26.6 Å². The van der Waals surface area contributed by atoms with Crippen molar-refractivity contribution < 1.29 is 14.0 Å². The number of rotatable bonds is 5. The van der Waals surface area contributed by atoms with E-state index in [1.165, 1.54) is 18.2 Å². The van der Waals surface area contributed by atoms with Crippen LogP contribution in [-0.4, -0.2) is 23.4 Å². The van der Waals surface area contributed by atoms with Crippen molar-refractivity contribution in [3.05, 3.63) is 63.9 Å². The minimum Gasteiger partial charge on any atom is -0.338 e. The van der Waals surface area contributed by atoms with Gasteiger partial charge in [-0.05, 0) is 51.7 Å². The number of anilines is 1. The van der Waals surface area contributed by atoms with Gasteiger partial charge in [-0.2, -0.15) is 0 Å². The maximum Gasteiger partial charge on any atom is 0.319 e. The molecule has 7 heteroatoms. The molecule has 1 heterocycles. The Morgan fingerprint density at radius 3 is 2.73 bits per heavy atom. The van der Waals surface area contributed by atoms with Crippen molar-refractivity contribution in [1.29, 1.82) is 0 Å². The van der Waals surface area contributed by atoms with Gasteiger partial charge >= 0.3 is 6.03 Å². The molecule has 0 unspecified atom stereocenters. The van der Waals surface area contributed by atoms with Crippen LogP contribution in [0.15, 0.2) is 46.9 Å². The average Bonchev–Trinajstić information content (AvgIpc) is 3.01. The van der Waals surface area contributed by atoms with Gasteiger partial charge < -0.3 is 15.5 Å². The average molecular weight is 420 g/mol. The molecule has 3 rings (SSSR count). The zero-order chi connectivity index (χ0) is 18.5. The molecule has 2 aromatic rings. The van der Waals surface area contributed by atoms with E-state index in [0.29, 0.717) is 29.7 Å². The molecule has 0 saturated carbocycles. The van der Waals surface area contributed by atoms with Crippen LogP contribution >= 0.6 is 15.9 Å². The summed E-state index contributed by atoms with van der Waals surface area (Å²) in [6.45, 7) is 1.75. The Morgan fingerprint density at radius 2 is 2.00 bits per heavy atom. The molecular formula is C19H19BrFN3O2. The summed E-state index contributed by atoms with van der Waals surface area (Å²) < 4.78 is 13.6. The Kier molecular flexibility index (Phi) is 5.88. The molecule has 0 radical (unpaired) electrons. The fourth-order valence-corrected chi connectivity index (χ4v) is 3.32. The molecule has 0 bridgehead atoms. The van der Waals surface area contributed by atoms with Crippen LogP contribution < -0.4 is 10.6 Å². The number of likely N-dealkylation sites (tertiary alicyclic amines) is 1. The van der Waals surface area contributed by atoms with E-state index >= 15 is 0 Å². The highest BCUT2D eigenvalue weighted by Gasteiger charge is 2.19. The standard InChI is InChI=1S/C19H19BrFN3O2/c20-16-10-15(21)6-7-17(16)23-19(26)22-11-13-3-1-4-14(9-13)12-24-8-2-5-18(24)25/h1,3-4,6-7,9-10H,2,5,8,11-12H2,(H2,22,23,26). The lowest BCUT2D eigenvalue weighted by Crippen LogP contribution is -2.28. The normalized spacial score (nSPS) is 13.8. The topological polar surface area (TPSA) is 61.4 Å². The quantitative estimate of drug-likeness (QED) is 0.768. The number of urea groups is 1. The third-order valence-electron chi connectivity index (χ3n) is 4.17. The SMILES string of the molecule is O=C(NCc1cccc(CN2CCCC2=O)c1)Nc1ccc(F)cc1Br. The Balaban J connectivity index is 1.54. The first-order valence-electron chi connectivity index (χ1n) is 8.37. The molecule has 3 amide bonds. The lowest BCUT2D eigenvalue weighted by atomic mass is 10.1. The smallest absolute Gasteiger partial charge is 0.319 e. The van der Waals surface area contributed by atoms with Crippen LogP contribution in [0.1, 0.15) is 24.0 Å². The fourth-order valence-electron chi connectivity index (χ4n) is 2.87. The molecular weight excluding hydrogens is 401 g/mol. The monoisotopic (exact) mass is 419 g/mol. The van der Waals surface area contributed by atoms with E-state index in [0.717, 1.165) is 24.1 Å². The summed E-state index contributed by atoms with van der Waals surface area (Å²) in [5, 5.41) is 5.44. The van der Waals surface area contributed by atoms with Gasteiger partial charge in [-0.3, -0.25) is 4.79 Å². The minimum atomic E-state index is -0.379. The number of nitrogens with one attached hydrogen (secondary N) is 2. The molecule has 2 N–H and O–H groups in total. The predicted octanol–water partition coefficient (Wildman–Crippen LogP) is 4.03. The van der Waals surface area contributed by atoms with Crippen LogP contribution in [-0.2, 0) is 17.9 Å². The first-order valence-corrected chi connectivity index (χ1v) is 9.16. The van der Waals surface area contributed by atoms with Gasteiger partial charge in [0.2, 0.25) is 5.91 Å². The summed E-state index contributed by atoms with van der Waals surface area (Å²) in [4.78, 5) is 25.6. The van der Waals surface area contributed by atoms with Crippen LogP contribution in [0.4, 0.5) is 14.9 Å². The van der Waals surface area contributed by atoms with E-state index < -0.39 is 0 Å². The van der Waals surface area contributed by atoms with Crippen LogP contribution in [0.5, 0.6) is 0 Å². The van der Waals surface area contributed by atoms with Crippen LogP contribution in [0.25, 0.3) is 0 Å². The molecule has 1 fully saturated rings. The van der Waals surface area contributed by atoms with Gasteiger partial charge in [0.15, 0.2) is 0 Å². The number of halogens is 2. The maximum atomic E-state index is 13.1. The Hall–Kier alpha value is -2.41. The van der Waals surface area contributed by atoms with Crippen molar-refractivity contribution >= 4 is 33.6 Å². The van der Waals surface area contributed by atoms with Gasteiger partial charge in [0.25, 0.3) is 0 Å². The molecule has 0 atom stereocenters. The molecule has 0 aromatic heterocycles. The lowest BCUT2D eigenvalue weighted by molar-refractivity contribution is -0.128. The molecule has 26 heavy (non-hydrogen) atoms. The summed E-state index contributed by atoms with van der Waals surface area (Å²) in [5.41, 5.74) is 2.48. The highest BCUT2D eigenvalue weighted by atomic mass is 79.9. The highest BCUT2D eigenvalue weighted by molar-refractivity contribution is 9.10. The summed E-state index contributed by atoms with van der Waals surface area (Å²) in [6, 6.07) is 11.5. The van der Waals surface area contributed by atoms with E-state index in [-0.39, 0.29) is 17.8 Å². The van der Waals surface area contributed by atoms with Crippen molar-refractivity contribution in [3.8, 4) is 0 Å².